The van der Waals surface area contributed by atoms with E-state index in [2.05, 4.69) is 23.6 Å². The van der Waals surface area contributed by atoms with Crippen LogP contribution in [0.5, 0.6) is 0 Å². The third kappa shape index (κ3) is 5.11. The van der Waals surface area contributed by atoms with Crippen LogP contribution in [0.3, 0.4) is 0 Å². The number of rotatable bonds is 8. The van der Waals surface area contributed by atoms with Crippen molar-refractivity contribution in [2.75, 3.05) is 65.4 Å². The number of likely N-dealkylation sites (N-methyl/N-ethyl adjacent to an activating group) is 1. The van der Waals surface area contributed by atoms with Gasteiger partial charge in [-0.05, 0) is 25.9 Å². The van der Waals surface area contributed by atoms with Gasteiger partial charge in [0, 0.05) is 52.4 Å². The van der Waals surface area contributed by atoms with Gasteiger partial charge in [0.05, 0.1) is 6.10 Å². The van der Waals surface area contributed by atoms with Crippen LogP contribution < -0.4 is 0 Å². The first-order valence-corrected chi connectivity index (χ1v) is 10.2. The molecule has 0 aromatic carbocycles. The fourth-order valence-electron chi connectivity index (χ4n) is 3.36. The highest BCUT2D eigenvalue weighted by Gasteiger charge is 2.33. The predicted octanol–water partition coefficient (Wildman–Crippen LogP) is -0.353. The molecule has 7 nitrogen and oxygen atoms in total. The van der Waals surface area contributed by atoms with Gasteiger partial charge in [-0.15, -0.1) is 0 Å². The highest BCUT2D eigenvalue weighted by molar-refractivity contribution is 7.86. The van der Waals surface area contributed by atoms with E-state index in [4.69, 9.17) is 0 Å². The van der Waals surface area contributed by atoms with Gasteiger partial charge < -0.3 is 10.0 Å². The van der Waals surface area contributed by atoms with E-state index in [9.17, 15) is 13.5 Å². The highest BCUT2D eigenvalue weighted by Crippen LogP contribution is 2.18. The second-order valence-electron chi connectivity index (χ2n) is 6.45. The van der Waals surface area contributed by atoms with Crippen LogP contribution in [0, 0.1) is 0 Å². The smallest absolute Gasteiger partial charge is 0.282 e. The van der Waals surface area contributed by atoms with E-state index in [-0.39, 0.29) is 6.10 Å². The topological polar surface area (TPSA) is 67.3 Å². The summed E-state index contributed by atoms with van der Waals surface area (Å²) in [6, 6.07) is 0. The summed E-state index contributed by atoms with van der Waals surface area (Å²) in [5, 5.41) is 10.2. The van der Waals surface area contributed by atoms with Crippen LogP contribution in [-0.4, -0.2) is 103 Å². The van der Waals surface area contributed by atoms with Gasteiger partial charge in [0.25, 0.3) is 10.2 Å². The molecule has 0 bridgehead atoms. The number of piperazine rings is 1. The van der Waals surface area contributed by atoms with E-state index in [1.165, 1.54) is 0 Å². The molecule has 0 unspecified atom stereocenters. The summed E-state index contributed by atoms with van der Waals surface area (Å²) in [6.45, 7) is 11.1. The van der Waals surface area contributed by atoms with Crippen molar-refractivity contribution in [2.45, 2.75) is 32.8 Å². The minimum Gasteiger partial charge on any atom is -0.390 e. The predicted molar refractivity (Wildman–Crippen MR) is 91.5 cm³/mol. The summed E-state index contributed by atoms with van der Waals surface area (Å²) in [4.78, 5) is 4.38. The van der Waals surface area contributed by atoms with Gasteiger partial charge in [-0.3, -0.25) is 4.90 Å². The number of aliphatic hydroxyl groups is 1. The molecular formula is C15H32N4O3S. The van der Waals surface area contributed by atoms with Crippen molar-refractivity contribution >= 4 is 10.2 Å². The second kappa shape index (κ2) is 8.73. The first kappa shape index (κ1) is 19.1. The van der Waals surface area contributed by atoms with E-state index >= 15 is 0 Å². The summed E-state index contributed by atoms with van der Waals surface area (Å²) in [5.41, 5.74) is 0. The Hall–Kier alpha value is -0.250. The lowest BCUT2D eigenvalue weighted by atomic mass is 10.2. The molecule has 136 valence electrons. The first-order chi connectivity index (χ1) is 11.0. The molecule has 2 aliphatic rings. The molecule has 0 radical (unpaired) electrons. The fraction of sp³-hybridized carbons (Fsp3) is 1.00. The molecule has 0 aromatic rings. The van der Waals surface area contributed by atoms with Crippen molar-refractivity contribution in [1.82, 2.24) is 18.4 Å². The van der Waals surface area contributed by atoms with Crippen molar-refractivity contribution in [2.24, 2.45) is 0 Å². The normalized spacial score (nSPS) is 23.7. The molecule has 2 heterocycles. The third-order valence-electron chi connectivity index (χ3n) is 4.88. The van der Waals surface area contributed by atoms with Crippen LogP contribution in [-0.2, 0) is 10.2 Å². The Morgan fingerprint density at radius 2 is 1.48 bits per heavy atom. The van der Waals surface area contributed by atoms with Crippen LogP contribution in [0.1, 0.15) is 26.7 Å². The molecule has 2 aliphatic heterocycles. The molecule has 0 saturated carbocycles. The van der Waals surface area contributed by atoms with Crippen LogP contribution >= 0.6 is 0 Å². The zero-order valence-corrected chi connectivity index (χ0v) is 15.3. The Kier molecular flexibility index (Phi) is 7.24. The van der Waals surface area contributed by atoms with Gasteiger partial charge in [0.1, 0.15) is 0 Å². The fourth-order valence-corrected chi connectivity index (χ4v) is 5.03. The molecular weight excluding hydrogens is 316 g/mol. The second-order valence-corrected chi connectivity index (χ2v) is 8.38. The first-order valence-electron chi connectivity index (χ1n) is 8.85. The SMILES string of the molecule is CCN(CC)C[C@@H](O)CN1CCN(S(=O)(=O)N2CCCC2)CC1. The van der Waals surface area contributed by atoms with E-state index in [1.54, 1.807) is 8.61 Å². The van der Waals surface area contributed by atoms with Crippen molar-refractivity contribution < 1.29 is 13.5 Å². The zero-order valence-electron chi connectivity index (χ0n) is 14.5. The molecule has 1 atom stereocenters. The summed E-state index contributed by atoms with van der Waals surface area (Å²) in [6.07, 6.45) is 1.56. The molecule has 2 rings (SSSR count). The molecule has 0 amide bonds. The highest BCUT2D eigenvalue weighted by atomic mass is 32.2. The van der Waals surface area contributed by atoms with Crippen molar-refractivity contribution in [1.29, 1.82) is 0 Å². The standard InChI is InChI=1S/C15H32N4O3S/c1-3-16(4-2)13-15(20)14-17-9-11-19(12-10-17)23(21,22)18-7-5-6-8-18/h15,20H,3-14H2,1-2H3/t15-/m1/s1. The van der Waals surface area contributed by atoms with Gasteiger partial charge in [0.2, 0.25) is 0 Å². The van der Waals surface area contributed by atoms with E-state index in [1.807, 2.05) is 0 Å². The number of aliphatic hydroxyl groups excluding tert-OH is 1. The van der Waals surface area contributed by atoms with E-state index < -0.39 is 10.2 Å². The largest absolute Gasteiger partial charge is 0.390 e. The van der Waals surface area contributed by atoms with Gasteiger partial charge in [-0.25, -0.2) is 0 Å². The van der Waals surface area contributed by atoms with E-state index in [0.717, 1.165) is 25.9 Å². The van der Waals surface area contributed by atoms with E-state index in [0.29, 0.717) is 52.4 Å². The lowest BCUT2D eigenvalue weighted by molar-refractivity contribution is 0.0640. The zero-order chi connectivity index (χ0) is 16.9. The molecule has 0 spiro atoms. The Bertz CT molecular complexity index is 442. The van der Waals surface area contributed by atoms with Crippen molar-refractivity contribution in [3.05, 3.63) is 0 Å². The molecule has 8 heteroatoms. The number of hydrogen-bond donors (Lipinski definition) is 1. The Morgan fingerprint density at radius 3 is 2.00 bits per heavy atom. The third-order valence-corrected chi connectivity index (χ3v) is 6.92. The lowest BCUT2D eigenvalue weighted by Crippen LogP contribution is -2.54. The monoisotopic (exact) mass is 348 g/mol. The van der Waals surface area contributed by atoms with Gasteiger partial charge >= 0.3 is 0 Å². The molecule has 1 N–H and O–H groups in total. The minimum absolute atomic E-state index is 0.378. The number of nitrogens with zero attached hydrogens (tertiary/aromatic N) is 4. The maximum Gasteiger partial charge on any atom is 0.282 e. The number of hydrogen-bond acceptors (Lipinski definition) is 5. The van der Waals surface area contributed by atoms with Crippen LogP contribution in [0.25, 0.3) is 0 Å². The average molecular weight is 349 g/mol. The van der Waals surface area contributed by atoms with Gasteiger partial charge in [-0.2, -0.15) is 17.0 Å². The van der Waals surface area contributed by atoms with Gasteiger partial charge in [0.15, 0.2) is 0 Å². The summed E-state index contributed by atoms with van der Waals surface area (Å²) in [7, 11) is -3.27. The van der Waals surface area contributed by atoms with Crippen LogP contribution in [0.2, 0.25) is 0 Å². The maximum absolute atomic E-state index is 12.5. The van der Waals surface area contributed by atoms with Crippen LogP contribution in [0.15, 0.2) is 0 Å². The quantitative estimate of drug-likeness (QED) is 0.649. The van der Waals surface area contributed by atoms with Crippen LogP contribution in [0.4, 0.5) is 0 Å². The van der Waals surface area contributed by atoms with Crippen molar-refractivity contribution in [3.8, 4) is 0 Å². The Morgan fingerprint density at radius 1 is 0.957 bits per heavy atom. The summed E-state index contributed by atoms with van der Waals surface area (Å²) < 4.78 is 28.2. The molecule has 23 heavy (non-hydrogen) atoms. The average Bonchev–Trinajstić information content (AvgIpc) is 3.08. The summed E-state index contributed by atoms with van der Waals surface area (Å²) >= 11 is 0. The summed E-state index contributed by atoms with van der Waals surface area (Å²) in [5.74, 6) is 0. The maximum atomic E-state index is 12.5. The Balaban J connectivity index is 1.77. The minimum atomic E-state index is -3.27. The van der Waals surface area contributed by atoms with Gasteiger partial charge in [-0.1, -0.05) is 13.8 Å². The molecule has 0 aromatic heterocycles. The molecule has 0 aliphatic carbocycles. The Labute approximate surface area is 141 Å². The number of β-amino-alcohol motifs (C(OH)–C–C–N with tert-alkyl or cyclic N) is 1. The van der Waals surface area contributed by atoms with Crippen molar-refractivity contribution in [3.63, 3.8) is 0 Å². The lowest BCUT2D eigenvalue weighted by Gasteiger charge is -2.37. The molecule has 2 fully saturated rings. The molecule has 2 saturated heterocycles.